The summed E-state index contributed by atoms with van der Waals surface area (Å²) in [5.41, 5.74) is 12.6. The van der Waals surface area contributed by atoms with Crippen molar-refractivity contribution in [2.75, 3.05) is 85.1 Å². The molecule has 3 aliphatic heterocycles. The fraction of sp³-hybridized carbons (Fsp3) is 0.941. The topological polar surface area (TPSA) is 132 Å². The summed E-state index contributed by atoms with van der Waals surface area (Å²) < 4.78 is 0. The highest BCUT2D eigenvalue weighted by Crippen LogP contribution is 2.04. The van der Waals surface area contributed by atoms with E-state index in [-0.39, 0.29) is 11.3 Å². The van der Waals surface area contributed by atoms with Crippen molar-refractivity contribution in [1.82, 2.24) is 31.5 Å². The molecule has 3 aliphatic rings. The van der Waals surface area contributed by atoms with Crippen LogP contribution >= 0.6 is 0 Å². The molecular formula is C17H38N8O. The first-order valence-electron chi connectivity index (χ1n) is 9.74. The molecule has 3 heterocycles. The lowest BCUT2D eigenvalue weighted by atomic mass is 9.98. The lowest BCUT2D eigenvalue weighted by Crippen LogP contribution is -2.65. The summed E-state index contributed by atoms with van der Waals surface area (Å²) >= 11 is 0. The summed E-state index contributed by atoms with van der Waals surface area (Å²) in [5.74, 6) is 0.164. The van der Waals surface area contributed by atoms with Crippen molar-refractivity contribution in [3.8, 4) is 0 Å². The monoisotopic (exact) mass is 370 g/mol. The summed E-state index contributed by atoms with van der Waals surface area (Å²) in [6.07, 6.45) is 0. The number of ketones is 1. The largest absolute Gasteiger partial charge is 0.322 e. The van der Waals surface area contributed by atoms with E-state index in [0.29, 0.717) is 26.2 Å². The SMILES string of the molecule is CC(=O)CN1CCNC[C@]2(N)CNCCNC[C@@](N)(CNCCNC2)C1. The molecule has 152 valence electrons. The lowest BCUT2D eigenvalue weighted by molar-refractivity contribution is -0.118. The van der Waals surface area contributed by atoms with Gasteiger partial charge in [0, 0.05) is 78.5 Å². The summed E-state index contributed by atoms with van der Waals surface area (Å²) in [4.78, 5) is 13.9. The minimum absolute atomic E-state index is 0.164. The molecule has 0 aromatic heterocycles. The van der Waals surface area contributed by atoms with Crippen LogP contribution in [0.5, 0.6) is 0 Å². The van der Waals surface area contributed by atoms with Crippen LogP contribution in [0, 0.1) is 0 Å². The van der Waals surface area contributed by atoms with Crippen molar-refractivity contribution in [2.45, 2.75) is 18.0 Å². The molecule has 0 spiro atoms. The van der Waals surface area contributed by atoms with E-state index < -0.39 is 5.54 Å². The molecule has 0 aliphatic carbocycles. The highest BCUT2D eigenvalue weighted by molar-refractivity contribution is 5.77. The Morgan fingerprint density at radius 3 is 1.69 bits per heavy atom. The molecule has 0 aromatic rings. The molecular weight excluding hydrogens is 332 g/mol. The van der Waals surface area contributed by atoms with Crippen molar-refractivity contribution < 1.29 is 4.79 Å². The Hall–Kier alpha value is -0.650. The average Bonchev–Trinajstić information content (AvgIpc) is 2.56. The Morgan fingerprint density at radius 2 is 1.23 bits per heavy atom. The van der Waals surface area contributed by atoms with E-state index in [1.807, 2.05) is 0 Å². The minimum Gasteiger partial charge on any atom is -0.322 e. The average molecular weight is 371 g/mol. The summed E-state index contributed by atoms with van der Waals surface area (Å²) in [7, 11) is 0. The van der Waals surface area contributed by atoms with Gasteiger partial charge in [0.05, 0.1) is 17.6 Å². The number of carbonyl (C=O) groups is 1. The third-order valence-electron chi connectivity index (χ3n) is 4.93. The second-order valence-corrected chi connectivity index (χ2v) is 8.02. The Labute approximate surface area is 157 Å². The molecule has 26 heavy (non-hydrogen) atoms. The molecule has 9 nitrogen and oxygen atoms in total. The summed E-state index contributed by atoms with van der Waals surface area (Å²) in [6, 6.07) is 0. The highest BCUT2D eigenvalue weighted by atomic mass is 16.1. The predicted octanol–water partition coefficient (Wildman–Crippen LogP) is -3.75. The van der Waals surface area contributed by atoms with Crippen LogP contribution in [0.15, 0.2) is 0 Å². The van der Waals surface area contributed by atoms with E-state index in [9.17, 15) is 4.79 Å². The quantitative estimate of drug-likeness (QED) is 0.262. The number of nitrogens with zero attached hydrogens (tertiary/aromatic N) is 1. The molecule has 0 radical (unpaired) electrons. The van der Waals surface area contributed by atoms with Crippen LogP contribution in [0.3, 0.4) is 0 Å². The number of hydrogen-bond donors (Lipinski definition) is 7. The first-order valence-corrected chi connectivity index (χ1v) is 9.74. The van der Waals surface area contributed by atoms with Gasteiger partial charge in [-0.25, -0.2) is 0 Å². The van der Waals surface area contributed by atoms with E-state index in [4.69, 9.17) is 11.5 Å². The molecule has 0 amide bonds. The normalized spacial score (nSPS) is 34.1. The van der Waals surface area contributed by atoms with Gasteiger partial charge >= 0.3 is 0 Å². The van der Waals surface area contributed by atoms with Crippen molar-refractivity contribution >= 4 is 5.78 Å². The molecule has 0 unspecified atom stereocenters. The van der Waals surface area contributed by atoms with E-state index >= 15 is 0 Å². The van der Waals surface area contributed by atoms with Gasteiger partial charge in [-0.1, -0.05) is 0 Å². The smallest absolute Gasteiger partial charge is 0.143 e. The number of nitrogens with one attached hydrogen (secondary N) is 5. The second kappa shape index (κ2) is 10.6. The molecule has 0 atom stereocenters. The highest BCUT2D eigenvalue weighted by Gasteiger charge is 2.29. The van der Waals surface area contributed by atoms with E-state index in [1.165, 1.54) is 0 Å². The van der Waals surface area contributed by atoms with Crippen LogP contribution < -0.4 is 38.1 Å². The molecule has 3 rings (SSSR count). The Bertz CT molecular complexity index is 417. The standard InChI is InChI=1S/C17H38N8O/c1-15(26)8-25-7-6-24-11-16(18)9-20-2-4-22-12-17(19,14-25)13-23-5-3-21-10-16/h20-24H,2-14,18-19H2,1H3/t16-,17+. The maximum Gasteiger partial charge on any atom is 0.143 e. The van der Waals surface area contributed by atoms with Crippen LogP contribution in [-0.2, 0) is 4.79 Å². The Morgan fingerprint density at radius 1 is 0.808 bits per heavy atom. The zero-order valence-corrected chi connectivity index (χ0v) is 16.2. The van der Waals surface area contributed by atoms with Gasteiger partial charge < -0.3 is 38.1 Å². The molecule has 0 saturated carbocycles. The van der Waals surface area contributed by atoms with E-state index in [2.05, 4.69) is 31.5 Å². The minimum atomic E-state index is -0.429. The van der Waals surface area contributed by atoms with E-state index in [1.54, 1.807) is 6.92 Å². The summed E-state index contributed by atoms with van der Waals surface area (Å²) in [5, 5.41) is 17.3. The maximum atomic E-state index is 11.7. The van der Waals surface area contributed by atoms with Gasteiger partial charge in [0.15, 0.2) is 0 Å². The van der Waals surface area contributed by atoms with Crippen LogP contribution in [-0.4, -0.2) is 107 Å². The van der Waals surface area contributed by atoms with Crippen molar-refractivity contribution in [1.29, 1.82) is 0 Å². The van der Waals surface area contributed by atoms with Gasteiger partial charge in [-0.3, -0.25) is 9.69 Å². The second-order valence-electron chi connectivity index (χ2n) is 8.02. The van der Waals surface area contributed by atoms with Crippen molar-refractivity contribution in [3.63, 3.8) is 0 Å². The van der Waals surface area contributed by atoms with Crippen molar-refractivity contribution in [3.05, 3.63) is 0 Å². The molecule has 2 bridgehead atoms. The Kier molecular flexibility index (Phi) is 8.85. The number of hydrogen-bond acceptors (Lipinski definition) is 9. The zero-order chi connectivity index (χ0) is 18.9. The van der Waals surface area contributed by atoms with Crippen LogP contribution in [0.1, 0.15) is 6.92 Å². The van der Waals surface area contributed by atoms with Crippen LogP contribution in [0.4, 0.5) is 0 Å². The van der Waals surface area contributed by atoms with Gasteiger partial charge in [0.25, 0.3) is 0 Å². The molecule has 9 N–H and O–H groups in total. The van der Waals surface area contributed by atoms with Crippen molar-refractivity contribution in [2.24, 2.45) is 11.5 Å². The lowest BCUT2D eigenvalue weighted by Gasteiger charge is -2.37. The molecule has 9 heteroatoms. The van der Waals surface area contributed by atoms with Gasteiger partial charge in [0.1, 0.15) is 5.78 Å². The summed E-state index contributed by atoms with van der Waals surface area (Å²) in [6.45, 7) is 11.3. The fourth-order valence-electron chi connectivity index (χ4n) is 3.61. The zero-order valence-electron chi connectivity index (χ0n) is 16.2. The van der Waals surface area contributed by atoms with E-state index in [0.717, 1.165) is 58.9 Å². The maximum absolute atomic E-state index is 11.7. The number of Topliss-reactive ketones (excluding diaryl/α,β-unsaturated/α-hetero) is 1. The fourth-order valence-corrected chi connectivity index (χ4v) is 3.61. The van der Waals surface area contributed by atoms with Gasteiger partial charge in [-0.05, 0) is 6.92 Å². The molecule has 0 aromatic carbocycles. The van der Waals surface area contributed by atoms with Gasteiger partial charge in [0.2, 0.25) is 0 Å². The van der Waals surface area contributed by atoms with Crippen LogP contribution in [0.2, 0.25) is 0 Å². The van der Waals surface area contributed by atoms with Gasteiger partial charge in [-0.15, -0.1) is 0 Å². The number of fused-ring (bicyclic) bond motifs is 15. The third-order valence-corrected chi connectivity index (χ3v) is 4.93. The molecule has 3 fully saturated rings. The number of nitrogens with two attached hydrogens (primary N) is 2. The number of carbonyl (C=O) groups excluding carboxylic acids is 1. The first-order chi connectivity index (χ1) is 12.4. The van der Waals surface area contributed by atoms with Crippen LogP contribution in [0.25, 0.3) is 0 Å². The Balaban J connectivity index is 2.15. The van der Waals surface area contributed by atoms with Gasteiger partial charge in [-0.2, -0.15) is 0 Å². The number of rotatable bonds is 2. The third kappa shape index (κ3) is 7.93. The molecule has 3 saturated heterocycles. The first kappa shape index (κ1) is 21.6. The predicted molar refractivity (Wildman–Crippen MR) is 105 cm³/mol.